The third kappa shape index (κ3) is 4.37. The SMILES string of the molecule is CC=C=CCC(C)(C)CN. The Balaban J connectivity index is 3.78. The lowest BCUT2D eigenvalue weighted by molar-refractivity contribution is 0.385. The van der Waals surface area contributed by atoms with E-state index in [1.807, 2.05) is 19.1 Å². The maximum atomic E-state index is 5.53. The first-order chi connectivity index (χ1) is 4.62. The molecule has 0 saturated carbocycles. The fraction of sp³-hybridized carbons (Fsp3) is 0.667. The Morgan fingerprint density at radius 3 is 2.50 bits per heavy atom. The summed E-state index contributed by atoms with van der Waals surface area (Å²) in [6.07, 6.45) is 4.95. The number of hydrogen-bond acceptors (Lipinski definition) is 1. The first kappa shape index (κ1) is 9.48. The standard InChI is InChI=1S/C9H17N/c1-4-5-6-7-9(2,3)8-10/h4,6H,7-8,10H2,1-3H3. The van der Waals surface area contributed by atoms with Crippen LogP contribution in [0.3, 0.4) is 0 Å². The summed E-state index contributed by atoms with van der Waals surface area (Å²) in [6, 6.07) is 0. The van der Waals surface area contributed by atoms with Crippen molar-refractivity contribution in [2.24, 2.45) is 11.1 Å². The van der Waals surface area contributed by atoms with Crippen molar-refractivity contribution < 1.29 is 0 Å². The van der Waals surface area contributed by atoms with Crippen molar-refractivity contribution in [2.45, 2.75) is 27.2 Å². The van der Waals surface area contributed by atoms with Gasteiger partial charge in [-0.3, -0.25) is 0 Å². The third-order valence-corrected chi connectivity index (χ3v) is 1.49. The zero-order valence-corrected chi connectivity index (χ0v) is 7.15. The van der Waals surface area contributed by atoms with Crippen LogP contribution >= 0.6 is 0 Å². The number of nitrogens with two attached hydrogens (primary N) is 1. The van der Waals surface area contributed by atoms with Crippen molar-refractivity contribution in [1.82, 2.24) is 0 Å². The fourth-order valence-corrected chi connectivity index (χ4v) is 0.536. The highest BCUT2D eigenvalue weighted by atomic mass is 14.6. The van der Waals surface area contributed by atoms with Crippen LogP contribution in [0.15, 0.2) is 17.9 Å². The second-order valence-corrected chi connectivity index (χ2v) is 3.23. The lowest BCUT2D eigenvalue weighted by Crippen LogP contribution is -2.22. The third-order valence-electron chi connectivity index (χ3n) is 1.49. The van der Waals surface area contributed by atoms with Crippen molar-refractivity contribution in [1.29, 1.82) is 0 Å². The topological polar surface area (TPSA) is 26.0 Å². The van der Waals surface area contributed by atoms with E-state index in [0.29, 0.717) is 0 Å². The van der Waals surface area contributed by atoms with Crippen molar-refractivity contribution in [3.05, 3.63) is 17.9 Å². The van der Waals surface area contributed by atoms with Crippen LogP contribution in [0.2, 0.25) is 0 Å². The van der Waals surface area contributed by atoms with Gasteiger partial charge < -0.3 is 5.73 Å². The Morgan fingerprint density at radius 1 is 1.50 bits per heavy atom. The van der Waals surface area contributed by atoms with Gasteiger partial charge in [-0.1, -0.05) is 13.8 Å². The Bertz CT molecular complexity index is 139. The molecule has 0 aliphatic carbocycles. The second-order valence-electron chi connectivity index (χ2n) is 3.23. The monoisotopic (exact) mass is 139 g/mol. The van der Waals surface area contributed by atoms with Gasteiger partial charge in [0.1, 0.15) is 0 Å². The molecule has 1 heteroatoms. The molecule has 0 heterocycles. The van der Waals surface area contributed by atoms with E-state index in [4.69, 9.17) is 5.73 Å². The van der Waals surface area contributed by atoms with Crippen molar-refractivity contribution >= 4 is 0 Å². The summed E-state index contributed by atoms with van der Waals surface area (Å²) in [5.41, 5.74) is 8.80. The highest BCUT2D eigenvalue weighted by Gasteiger charge is 2.12. The van der Waals surface area contributed by atoms with Gasteiger partial charge in [-0.2, -0.15) is 0 Å². The molecule has 0 amide bonds. The van der Waals surface area contributed by atoms with E-state index in [0.717, 1.165) is 13.0 Å². The summed E-state index contributed by atoms with van der Waals surface area (Å²) in [7, 11) is 0. The zero-order chi connectivity index (χ0) is 8.04. The molecule has 1 nitrogen and oxygen atoms in total. The highest BCUT2D eigenvalue weighted by Crippen LogP contribution is 2.17. The minimum Gasteiger partial charge on any atom is -0.330 e. The lowest BCUT2D eigenvalue weighted by Gasteiger charge is -2.18. The first-order valence-corrected chi connectivity index (χ1v) is 3.68. The zero-order valence-electron chi connectivity index (χ0n) is 7.15. The van der Waals surface area contributed by atoms with E-state index >= 15 is 0 Å². The Morgan fingerprint density at radius 2 is 2.10 bits per heavy atom. The number of allylic oxidation sites excluding steroid dienone is 1. The van der Waals surface area contributed by atoms with Crippen LogP contribution in [-0.4, -0.2) is 6.54 Å². The summed E-state index contributed by atoms with van der Waals surface area (Å²) in [4.78, 5) is 0. The van der Waals surface area contributed by atoms with Gasteiger partial charge in [0.15, 0.2) is 0 Å². The molecule has 0 bridgehead atoms. The van der Waals surface area contributed by atoms with Crippen molar-refractivity contribution in [3.8, 4) is 0 Å². The Hall–Kier alpha value is -0.520. The van der Waals surface area contributed by atoms with E-state index in [1.54, 1.807) is 0 Å². The van der Waals surface area contributed by atoms with Crippen molar-refractivity contribution in [3.63, 3.8) is 0 Å². The molecule has 0 aliphatic rings. The van der Waals surface area contributed by atoms with Gasteiger partial charge in [0, 0.05) is 0 Å². The lowest BCUT2D eigenvalue weighted by atomic mass is 9.90. The van der Waals surface area contributed by atoms with E-state index in [-0.39, 0.29) is 5.41 Å². The van der Waals surface area contributed by atoms with E-state index in [1.165, 1.54) is 0 Å². The molecule has 10 heavy (non-hydrogen) atoms. The van der Waals surface area contributed by atoms with Gasteiger partial charge >= 0.3 is 0 Å². The maximum absolute atomic E-state index is 5.53. The van der Waals surface area contributed by atoms with E-state index < -0.39 is 0 Å². The molecule has 0 aromatic carbocycles. The smallest absolute Gasteiger partial charge is 0.00226 e. The highest BCUT2D eigenvalue weighted by molar-refractivity contribution is 4.87. The fourth-order valence-electron chi connectivity index (χ4n) is 0.536. The second kappa shape index (κ2) is 4.32. The molecule has 2 N–H and O–H groups in total. The summed E-state index contributed by atoms with van der Waals surface area (Å²) in [6.45, 7) is 7.00. The quantitative estimate of drug-likeness (QED) is 0.595. The van der Waals surface area contributed by atoms with Gasteiger partial charge in [-0.05, 0) is 37.5 Å². The molecule has 0 radical (unpaired) electrons. The summed E-state index contributed by atoms with van der Waals surface area (Å²) in [5.74, 6) is 0. The van der Waals surface area contributed by atoms with Crippen molar-refractivity contribution in [2.75, 3.05) is 6.54 Å². The van der Waals surface area contributed by atoms with Gasteiger partial charge in [0.25, 0.3) is 0 Å². The first-order valence-electron chi connectivity index (χ1n) is 3.68. The summed E-state index contributed by atoms with van der Waals surface area (Å²) < 4.78 is 0. The average Bonchev–Trinajstić information content (AvgIpc) is 1.89. The number of rotatable bonds is 3. The van der Waals surface area contributed by atoms with Crippen LogP contribution in [0.4, 0.5) is 0 Å². The van der Waals surface area contributed by atoms with Crippen LogP contribution in [0.25, 0.3) is 0 Å². The van der Waals surface area contributed by atoms with Crippen LogP contribution in [0, 0.1) is 5.41 Å². The summed E-state index contributed by atoms with van der Waals surface area (Å²) >= 11 is 0. The van der Waals surface area contributed by atoms with Gasteiger partial charge in [0.05, 0.1) is 0 Å². The summed E-state index contributed by atoms with van der Waals surface area (Å²) in [5, 5.41) is 0. The predicted molar refractivity (Wildman–Crippen MR) is 45.8 cm³/mol. The molecule has 0 fully saturated rings. The molecule has 0 spiro atoms. The van der Waals surface area contributed by atoms with Crippen LogP contribution in [-0.2, 0) is 0 Å². The molecule has 0 atom stereocenters. The van der Waals surface area contributed by atoms with Crippen LogP contribution in [0.1, 0.15) is 27.2 Å². The molecule has 58 valence electrons. The molecular formula is C9H17N. The normalized spacial score (nSPS) is 10.4. The van der Waals surface area contributed by atoms with Gasteiger partial charge in [-0.15, -0.1) is 5.73 Å². The van der Waals surface area contributed by atoms with Gasteiger partial charge in [0.2, 0.25) is 0 Å². The van der Waals surface area contributed by atoms with E-state index in [2.05, 4.69) is 19.6 Å². The largest absolute Gasteiger partial charge is 0.330 e. The molecule has 0 unspecified atom stereocenters. The molecule has 0 aromatic heterocycles. The van der Waals surface area contributed by atoms with E-state index in [9.17, 15) is 0 Å². The van der Waals surface area contributed by atoms with Gasteiger partial charge in [-0.25, -0.2) is 0 Å². The Labute approximate surface area is 63.6 Å². The number of hydrogen-bond donors (Lipinski definition) is 1. The molecule has 0 rings (SSSR count). The Kier molecular flexibility index (Phi) is 4.10. The van der Waals surface area contributed by atoms with Crippen LogP contribution < -0.4 is 5.73 Å². The molecular weight excluding hydrogens is 122 g/mol. The minimum absolute atomic E-state index is 0.232. The minimum atomic E-state index is 0.232. The van der Waals surface area contributed by atoms with Crippen LogP contribution in [0.5, 0.6) is 0 Å². The average molecular weight is 139 g/mol. The predicted octanol–water partition coefficient (Wildman–Crippen LogP) is 2.09. The maximum Gasteiger partial charge on any atom is -0.00226 e. The molecule has 0 aromatic rings. The molecule has 0 aliphatic heterocycles. The molecule has 0 saturated heterocycles.